The lowest BCUT2D eigenvalue weighted by Gasteiger charge is -2.41. The van der Waals surface area contributed by atoms with E-state index in [4.69, 9.17) is 4.74 Å². The van der Waals surface area contributed by atoms with Gasteiger partial charge in [0, 0.05) is 26.2 Å². The molecule has 32 heavy (non-hydrogen) atoms. The molecule has 1 aliphatic rings. The van der Waals surface area contributed by atoms with Crippen LogP contribution in [0.3, 0.4) is 0 Å². The highest BCUT2D eigenvalue weighted by Crippen LogP contribution is 2.36. The number of hydrogen-bond acceptors (Lipinski definition) is 6. The van der Waals surface area contributed by atoms with Crippen molar-refractivity contribution in [3.63, 3.8) is 0 Å². The van der Waals surface area contributed by atoms with Gasteiger partial charge in [-0.05, 0) is 57.9 Å². The van der Waals surface area contributed by atoms with Crippen LogP contribution in [0.5, 0.6) is 5.75 Å². The Morgan fingerprint density at radius 1 is 1.19 bits per heavy atom. The monoisotopic (exact) mass is 465 g/mol. The molecule has 1 fully saturated rings. The summed E-state index contributed by atoms with van der Waals surface area (Å²) in [6.45, 7) is 7.24. The smallest absolute Gasteiger partial charge is 0.319 e. The Labute approximate surface area is 189 Å². The van der Waals surface area contributed by atoms with Crippen molar-refractivity contribution in [1.29, 1.82) is 0 Å². The first-order valence-corrected chi connectivity index (χ1v) is 12.2. The van der Waals surface area contributed by atoms with Gasteiger partial charge in [-0.15, -0.1) is 5.92 Å². The second-order valence-corrected chi connectivity index (χ2v) is 9.60. The van der Waals surface area contributed by atoms with Crippen LogP contribution in [0.15, 0.2) is 29.2 Å². The zero-order chi connectivity index (χ0) is 23.8. The predicted octanol–water partition coefficient (Wildman–Crippen LogP) is 1.91. The zero-order valence-electron chi connectivity index (χ0n) is 18.8. The number of amides is 3. The minimum atomic E-state index is -3.85. The van der Waals surface area contributed by atoms with Gasteiger partial charge in [0.1, 0.15) is 12.4 Å². The molecular weight excluding hydrogens is 434 g/mol. The number of hydroxylamine groups is 1. The number of sulfone groups is 1. The highest BCUT2D eigenvalue weighted by Gasteiger charge is 2.46. The highest BCUT2D eigenvalue weighted by molar-refractivity contribution is 7.91. The molecule has 0 aliphatic carbocycles. The summed E-state index contributed by atoms with van der Waals surface area (Å²) in [5.41, 5.74) is 0.293. The van der Waals surface area contributed by atoms with Crippen LogP contribution < -0.4 is 10.2 Å². The van der Waals surface area contributed by atoms with E-state index in [1.54, 1.807) is 22.2 Å². The summed E-state index contributed by atoms with van der Waals surface area (Å²) in [6, 6.07) is 5.78. The van der Waals surface area contributed by atoms with Crippen molar-refractivity contribution >= 4 is 21.8 Å². The van der Waals surface area contributed by atoms with Gasteiger partial charge >= 0.3 is 6.03 Å². The number of nitrogens with one attached hydrogen (secondary N) is 1. The van der Waals surface area contributed by atoms with Crippen LogP contribution in [0.4, 0.5) is 4.79 Å². The lowest BCUT2D eigenvalue weighted by Crippen LogP contribution is -2.54. The molecule has 2 N–H and O–H groups in total. The van der Waals surface area contributed by atoms with E-state index in [0.717, 1.165) is 0 Å². The molecule has 0 bridgehead atoms. The molecule has 1 heterocycles. The van der Waals surface area contributed by atoms with Crippen LogP contribution >= 0.6 is 0 Å². The molecule has 1 aliphatic heterocycles. The molecular formula is C22H31N3O6S. The number of piperidine rings is 1. The minimum absolute atomic E-state index is 0.0539. The Hall–Kier alpha value is -2.77. The maximum absolute atomic E-state index is 13.1. The molecule has 3 amide bonds. The van der Waals surface area contributed by atoms with Crippen LogP contribution in [0.1, 0.15) is 33.6 Å². The number of rotatable bonds is 8. The molecule has 0 aromatic heterocycles. The Morgan fingerprint density at radius 3 is 2.28 bits per heavy atom. The average Bonchev–Trinajstić information content (AvgIpc) is 2.80. The first-order chi connectivity index (χ1) is 15.2. The van der Waals surface area contributed by atoms with Gasteiger partial charge in [0.15, 0.2) is 9.84 Å². The quantitative estimate of drug-likeness (QED) is 0.344. The van der Waals surface area contributed by atoms with Gasteiger partial charge in [0.05, 0.1) is 16.1 Å². The van der Waals surface area contributed by atoms with Crippen molar-refractivity contribution in [2.24, 2.45) is 5.41 Å². The molecule has 0 atom stereocenters. The first-order valence-electron chi connectivity index (χ1n) is 10.6. The van der Waals surface area contributed by atoms with Crippen LogP contribution in [-0.2, 0) is 14.6 Å². The molecule has 1 aromatic carbocycles. The Balaban J connectivity index is 2.17. The third kappa shape index (κ3) is 5.93. The van der Waals surface area contributed by atoms with Crippen molar-refractivity contribution in [2.45, 2.75) is 38.5 Å². The fourth-order valence-corrected chi connectivity index (χ4v) is 5.62. The van der Waals surface area contributed by atoms with E-state index in [9.17, 15) is 23.2 Å². The lowest BCUT2D eigenvalue weighted by molar-refractivity contribution is -0.141. The zero-order valence-corrected chi connectivity index (χ0v) is 19.6. The predicted molar refractivity (Wildman–Crippen MR) is 119 cm³/mol. The molecule has 1 saturated heterocycles. The molecule has 1 aromatic rings. The summed E-state index contributed by atoms with van der Waals surface area (Å²) in [5.74, 6) is 4.72. The molecule has 0 unspecified atom stereocenters. The van der Waals surface area contributed by atoms with Crippen LogP contribution in [-0.4, -0.2) is 73.9 Å². The molecule has 176 valence electrons. The van der Waals surface area contributed by atoms with Gasteiger partial charge in [0.2, 0.25) is 0 Å². The third-order valence-corrected chi connectivity index (χ3v) is 7.67. The van der Waals surface area contributed by atoms with Gasteiger partial charge < -0.3 is 14.5 Å². The van der Waals surface area contributed by atoms with Gasteiger partial charge in [-0.1, -0.05) is 5.92 Å². The third-order valence-electron chi connectivity index (χ3n) is 5.75. The number of nitrogens with zero attached hydrogens (tertiary/aromatic N) is 2. The molecule has 9 nitrogen and oxygen atoms in total. The van der Waals surface area contributed by atoms with E-state index in [-0.39, 0.29) is 43.5 Å². The first kappa shape index (κ1) is 25.5. The number of hydrogen-bond donors (Lipinski definition) is 2. The Morgan fingerprint density at radius 2 is 1.78 bits per heavy atom. The highest BCUT2D eigenvalue weighted by atomic mass is 32.2. The van der Waals surface area contributed by atoms with Gasteiger partial charge in [-0.25, -0.2) is 18.7 Å². The van der Waals surface area contributed by atoms with Crippen molar-refractivity contribution in [2.75, 3.05) is 38.5 Å². The Kier molecular flexibility index (Phi) is 8.92. The number of benzene rings is 1. The summed E-state index contributed by atoms with van der Waals surface area (Å²) in [5, 5.41) is 9.29. The maximum atomic E-state index is 13.1. The average molecular weight is 466 g/mol. The van der Waals surface area contributed by atoms with E-state index in [1.165, 1.54) is 24.3 Å². The van der Waals surface area contributed by atoms with E-state index in [2.05, 4.69) is 11.8 Å². The van der Waals surface area contributed by atoms with Gasteiger partial charge in [-0.3, -0.25) is 10.0 Å². The molecule has 0 radical (unpaired) electrons. The van der Waals surface area contributed by atoms with Crippen molar-refractivity contribution in [3.05, 3.63) is 24.3 Å². The molecule has 0 spiro atoms. The summed E-state index contributed by atoms with van der Waals surface area (Å²) in [7, 11) is -3.85. The van der Waals surface area contributed by atoms with E-state index in [1.807, 2.05) is 13.8 Å². The molecule has 10 heteroatoms. The van der Waals surface area contributed by atoms with Crippen molar-refractivity contribution < 1.29 is 28.0 Å². The van der Waals surface area contributed by atoms with Crippen LogP contribution in [0, 0.1) is 17.3 Å². The summed E-state index contributed by atoms with van der Waals surface area (Å²) in [6.07, 6.45) is 0.255. The van der Waals surface area contributed by atoms with Gasteiger partial charge in [-0.2, -0.15) is 0 Å². The second-order valence-electron chi connectivity index (χ2n) is 7.61. The van der Waals surface area contributed by atoms with Crippen LogP contribution in [0.2, 0.25) is 0 Å². The number of ether oxygens (including phenoxy) is 1. The molecule has 0 saturated carbocycles. The van der Waals surface area contributed by atoms with E-state index in [0.29, 0.717) is 18.8 Å². The molecule has 2 rings (SSSR count). The lowest BCUT2D eigenvalue weighted by atomic mass is 9.79. The fraction of sp³-hybridized carbons (Fsp3) is 0.545. The number of carbonyl (C=O) groups is 2. The summed E-state index contributed by atoms with van der Waals surface area (Å²) >= 11 is 0. The largest absolute Gasteiger partial charge is 0.481 e. The normalized spacial score (nSPS) is 15.3. The van der Waals surface area contributed by atoms with Crippen LogP contribution in [0.25, 0.3) is 0 Å². The van der Waals surface area contributed by atoms with Gasteiger partial charge in [0.25, 0.3) is 5.91 Å². The summed E-state index contributed by atoms with van der Waals surface area (Å²) < 4.78 is 31.6. The maximum Gasteiger partial charge on any atom is 0.319 e. The van der Waals surface area contributed by atoms with E-state index >= 15 is 0 Å². The fourth-order valence-electron chi connectivity index (χ4n) is 3.76. The topological polar surface area (TPSA) is 116 Å². The summed E-state index contributed by atoms with van der Waals surface area (Å²) in [4.78, 5) is 28.5. The number of carbonyl (C=O) groups excluding carboxylic acids is 2. The van der Waals surface area contributed by atoms with Crippen molar-refractivity contribution in [3.8, 4) is 17.6 Å². The second kappa shape index (κ2) is 11.2. The van der Waals surface area contributed by atoms with Crippen molar-refractivity contribution in [1.82, 2.24) is 15.3 Å². The standard InChI is InChI=1S/C22H31N3O6S/c1-4-7-16-31-18-8-10-19(11-9-18)32(29,30)17-22(20(26)23-28)12-14-25(15-13-22)21(27)24(5-2)6-3/h8-11,28H,5-6,12-17H2,1-3H3,(H,23,26). The SMILES string of the molecule is CC#CCOc1ccc(S(=O)(=O)CC2(C(=O)NO)CCN(C(=O)N(CC)CC)CC2)cc1. The van der Waals surface area contributed by atoms with E-state index < -0.39 is 26.9 Å². The number of urea groups is 1. The Bertz CT molecular complexity index is 954. The number of likely N-dealkylation sites (tertiary alicyclic amines) is 1. The minimum Gasteiger partial charge on any atom is -0.481 e.